The van der Waals surface area contributed by atoms with Crippen LogP contribution in [-0.2, 0) is 19.3 Å². The van der Waals surface area contributed by atoms with Crippen molar-refractivity contribution in [2.45, 2.75) is 32.6 Å². The van der Waals surface area contributed by atoms with Crippen LogP contribution in [0.1, 0.15) is 16.7 Å². The molecule has 0 saturated carbocycles. The summed E-state index contributed by atoms with van der Waals surface area (Å²) in [6, 6.07) is 33.1. The first-order valence-electron chi connectivity index (χ1n) is 9.35. The van der Waals surface area contributed by atoms with Crippen LogP contribution in [0.25, 0.3) is 0 Å². The summed E-state index contributed by atoms with van der Waals surface area (Å²) < 4.78 is 4.43. The molecule has 1 radical (unpaired) electrons. The molecule has 0 spiro atoms. The Morgan fingerprint density at radius 1 is 0.423 bits per heavy atom. The molecule has 2 heteroatoms. The molecule has 0 nitrogen and oxygen atoms in total. The Morgan fingerprint density at radius 3 is 0.962 bits per heavy atom. The molecular formula is C24H28ClSn. The van der Waals surface area contributed by atoms with Crippen molar-refractivity contribution in [2.75, 3.05) is 0 Å². The van der Waals surface area contributed by atoms with Crippen molar-refractivity contribution >= 4 is 32.2 Å². The molecule has 0 aliphatic heterocycles. The quantitative estimate of drug-likeness (QED) is 0.308. The Hall–Kier alpha value is -1.25. The van der Waals surface area contributed by atoms with Crippen LogP contribution in [0.3, 0.4) is 0 Å². The second-order valence-electron chi connectivity index (χ2n) is 6.71. The predicted molar refractivity (Wildman–Crippen MR) is 118 cm³/mol. The van der Waals surface area contributed by atoms with E-state index < -0.39 is 19.8 Å². The zero-order valence-electron chi connectivity index (χ0n) is 15.3. The van der Waals surface area contributed by atoms with Gasteiger partial charge >= 0.3 is 160 Å². The van der Waals surface area contributed by atoms with E-state index in [1.165, 1.54) is 49.3 Å². The van der Waals surface area contributed by atoms with E-state index in [4.69, 9.17) is 0 Å². The normalized spacial score (nSPS) is 10.5. The van der Waals surface area contributed by atoms with E-state index in [9.17, 15) is 0 Å². The number of rotatable bonds is 9. The molecule has 0 N–H and O–H groups in total. The summed E-state index contributed by atoms with van der Waals surface area (Å²) in [5, 5.41) is 0. The summed E-state index contributed by atoms with van der Waals surface area (Å²) in [7, 11) is 0. The van der Waals surface area contributed by atoms with E-state index in [1.54, 1.807) is 0 Å². The monoisotopic (exact) mass is 471 g/mol. The summed E-state index contributed by atoms with van der Waals surface area (Å²) in [6.45, 7) is 0. The molecule has 26 heavy (non-hydrogen) atoms. The molecule has 0 amide bonds. The van der Waals surface area contributed by atoms with Gasteiger partial charge in [0.1, 0.15) is 0 Å². The van der Waals surface area contributed by atoms with Crippen LogP contribution >= 0.6 is 12.4 Å². The minimum absolute atomic E-state index is 0. The van der Waals surface area contributed by atoms with Crippen LogP contribution < -0.4 is 0 Å². The van der Waals surface area contributed by atoms with Crippen molar-refractivity contribution in [3.63, 3.8) is 0 Å². The first kappa shape index (κ1) is 21.1. The predicted octanol–water partition coefficient (Wildman–Crippen LogP) is 6.63. The van der Waals surface area contributed by atoms with Gasteiger partial charge < -0.3 is 0 Å². The SMILES string of the molecule is Cl.c1ccc(C[CH2][Sn]([CH2]Cc2ccccc2)[CH2]Cc2ccccc2)cc1. The fourth-order valence-electron chi connectivity index (χ4n) is 3.27. The van der Waals surface area contributed by atoms with Crippen LogP contribution in [0.15, 0.2) is 91.0 Å². The standard InChI is InChI=1S/3C8H9.ClH.Sn/c3*1-2-8-6-4-3-5-7-8;;/h3*3-7H,1-2H2;1H;. The first-order valence-corrected chi connectivity index (χ1v) is 15.4. The van der Waals surface area contributed by atoms with E-state index in [1.807, 2.05) is 0 Å². The van der Waals surface area contributed by atoms with Gasteiger partial charge in [-0.2, -0.15) is 0 Å². The molecule has 0 saturated heterocycles. The molecule has 0 aliphatic rings. The van der Waals surface area contributed by atoms with Crippen molar-refractivity contribution in [1.82, 2.24) is 0 Å². The van der Waals surface area contributed by atoms with Gasteiger partial charge in [0, 0.05) is 0 Å². The van der Waals surface area contributed by atoms with E-state index >= 15 is 0 Å². The first-order chi connectivity index (χ1) is 12.4. The maximum absolute atomic E-state index is 2.29. The number of hydrogen-bond donors (Lipinski definition) is 0. The molecule has 0 heterocycles. The number of aryl methyl sites for hydroxylation is 3. The van der Waals surface area contributed by atoms with Gasteiger partial charge in [-0.25, -0.2) is 0 Å². The van der Waals surface area contributed by atoms with Gasteiger partial charge in [-0.3, -0.25) is 0 Å². The van der Waals surface area contributed by atoms with Gasteiger partial charge in [-0.1, -0.05) is 0 Å². The topological polar surface area (TPSA) is 0 Å². The van der Waals surface area contributed by atoms with Gasteiger partial charge in [0.2, 0.25) is 0 Å². The summed E-state index contributed by atoms with van der Waals surface area (Å²) in [4.78, 5) is 0. The Labute approximate surface area is 171 Å². The third-order valence-corrected chi connectivity index (χ3v) is 13.0. The van der Waals surface area contributed by atoms with Gasteiger partial charge in [-0.15, -0.1) is 12.4 Å². The molecule has 0 aromatic heterocycles. The average molecular weight is 471 g/mol. The Bertz CT molecular complexity index is 610. The third-order valence-electron chi connectivity index (χ3n) is 4.83. The molecular weight excluding hydrogens is 442 g/mol. The van der Waals surface area contributed by atoms with Crippen LogP contribution in [0.2, 0.25) is 13.3 Å². The zero-order chi connectivity index (χ0) is 17.2. The summed E-state index contributed by atoms with van der Waals surface area (Å²) in [5.74, 6) is 0. The van der Waals surface area contributed by atoms with Gasteiger partial charge in [0.15, 0.2) is 0 Å². The second kappa shape index (κ2) is 12.2. The van der Waals surface area contributed by atoms with Crippen molar-refractivity contribution in [3.8, 4) is 0 Å². The van der Waals surface area contributed by atoms with E-state index in [2.05, 4.69) is 91.0 Å². The summed E-state index contributed by atoms with van der Waals surface area (Å²) >= 11 is -1.38. The fourth-order valence-corrected chi connectivity index (χ4v) is 10.9. The Kier molecular flexibility index (Phi) is 9.87. The van der Waals surface area contributed by atoms with Gasteiger partial charge in [0.05, 0.1) is 0 Å². The van der Waals surface area contributed by atoms with Crippen LogP contribution in [0.5, 0.6) is 0 Å². The zero-order valence-corrected chi connectivity index (χ0v) is 19.0. The number of benzene rings is 3. The molecule has 0 fully saturated rings. The number of halogens is 1. The third kappa shape index (κ3) is 7.55. The molecule has 0 aliphatic carbocycles. The van der Waals surface area contributed by atoms with Gasteiger partial charge in [-0.05, 0) is 0 Å². The van der Waals surface area contributed by atoms with Crippen molar-refractivity contribution < 1.29 is 0 Å². The molecule has 3 rings (SSSR count). The summed E-state index contributed by atoms with van der Waals surface area (Å²) in [6.07, 6.45) is 3.83. The van der Waals surface area contributed by atoms with Crippen LogP contribution in [-0.4, -0.2) is 19.8 Å². The summed E-state index contributed by atoms with van der Waals surface area (Å²) in [5.41, 5.74) is 4.54. The van der Waals surface area contributed by atoms with E-state index in [-0.39, 0.29) is 12.4 Å². The van der Waals surface area contributed by atoms with E-state index in [0.29, 0.717) is 0 Å². The Morgan fingerprint density at radius 2 is 0.692 bits per heavy atom. The molecule has 0 bridgehead atoms. The Balaban J connectivity index is 0.00000243. The fraction of sp³-hybridized carbons (Fsp3) is 0.250. The molecule has 3 aromatic carbocycles. The average Bonchev–Trinajstić information content (AvgIpc) is 2.70. The minimum atomic E-state index is -1.38. The second-order valence-corrected chi connectivity index (χ2v) is 15.3. The van der Waals surface area contributed by atoms with Gasteiger partial charge in [0.25, 0.3) is 0 Å². The van der Waals surface area contributed by atoms with E-state index in [0.717, 1.165) is 0 Å². The number of hydrogen-bond acceptors (Lipinski definition) is 0. The van der Waals surface area contributed by atoms with Crippen molar-refractivity contribution in [1.29, 1.82) is 0 Å². The molecule has 3 aromatic rings. The molecule has 0 unspecified atom stereocenters. The van der Waals surface area contributed by atoms with Crippen molar-refractivity contribution in [2.24, 2.45) is 0 Å². The molecule has 0 atom stereocenters. The maximum atomic E-state index is 2.29. The van der Waals surface area contributed by atoms with Crippen molar-refractivity contribution in [3.05, 3.63) is 108 Å². The van der Waals surface area contributed by atoms with Crippen LogP contribution in [0, 0.1) is 0 Å². The van der Waals surface area contributed by atoms with Crippen LogP contribution in [0.4, 0.5) is 0 Å². The molecule has 135 valence electrons.